The van der Waals surface area contributed by atoms with Gasteiger partial charge < -0.3 is 28.8 Å². The first-order valence-electron chi connectivity index (χ1n) is 13.6. The zero-order chi connectivity index (χ0) is 27.5. The first kappa shape index (κ1) is 28.2. The van der Waals surface area contributed by atoms with Crippen LogP contribution in [0.3, 0.4) is 0 Å². The normalized spacial score (nSPS) is 22.4. The van der Waals surface area contributed by atoms with Crippen molar-refractivity contribution in [3.05, 3.63) is 144 Å². The molecule has 0 aliphatic carbocycles. The Kier molecular flexibility index (Phi) is 10.1. The second-order valence-corrected chi connectivity index (χ2v) is 9.96. The van der Waals surface area contributed by atoms with Crippen molar-refractivity contribution in [2.75, 3.05) is 13.2 Å². The van der Waals surface area contributed by atoms with E-state index in [0.717, 1.165) is 22.3 Å². The van der Waals surface area contributed by atoms with Crippen molar-refractivity contribution in [1.29, 1.82) is 0 Å². The fraction of sp³-hybridized carbons (Fsp3) is 0.294. The Bertz CT molecular complexity index is 1250. The number of rotatable bonds is 14. The molecule has 1 aliphatic rings. The van der Waals surface area contributed by atoms with E-state index in [1.165, 1.54) is 0 Å². The molecule has 4 aromatic rings. The minimum atomic E-state index is -1.73. The van der Waals surface area contributed by atoms with Gasteiger partial charge in [0.25, 0.3) is 0 Å². The molecule has 0 saturated carbocycles. The third kappa shape index (κ3) is 7.86. The van der Waals surface area contributed by atoms with Crippen LogP contribution in [0.25, 0.3) is 0 Å². The first-order valence-corrected chi connectivity index (χ1v) is 13.6. The minimum absolute atomic E-state index is 0.0816. The van der Waals surface area contributed by atoms with E-state index in [0.29, 0.717) is 26.4 Å². The molecule has 0 spiro atoms. The van der Waals surface area contributed by atoms with E-state index in [4.69, 9.17) is 23.7 Å². The molecule has 1 aliphatic heterocycles. The number of hydrogen-bond donors (Lipinski definition) is 1. The molecule has 0 radical (unpaired) electrons. The van der Waals surface area contributed by atoms with Crippen LogP contribution >= 0.6 is 0 Å². The standard InChI is InChI=1S/C34H36O6/c35-34(26-37-22-28-15-7-2-8-16-28)33(39-24-30-19-11-4-12-20-30)32(38-23-29-17-9-3-10-18-29)31(40-34)25-36-21-27-13-5-1-6-14-27/h1-20,31-33,35H,21-26H2/t31-,32-,33+,34?/m0/s1. The lowest BCUT2D eigenvalue weighted by Gasteiger charge is -2.30. The van der Waals surface area contributed by atoms with Crippen molar-refractivity contribution in [3.8, 4) is 0 Å². The fourth-order valence-corrected chi connectivity index (χ4v) is 4.80. The average molecular weight is 541 g/mol. The maximum atomic E-state index is 11.9. The lowest BCUT2D eigenvalue weighted by molar-refractivity contribution is -0.267. The van der Waals surface area contributed by atoms with Crippen LogP contribution in [0.1, 0.15) is 22.3 Å². The molecule has 1 saturated heterocycles. The van der Waals surface area contributed by atoms with Crippen LogP contribution in [0.2, 0.25) is 0 Å². The van der Waals surface area contributed by atoms with Gasteiger partial charge in [-0.2, -0.15) is 0 Å². The second kappa shape index (κ2) is 14.3. The highest BCUT2D eigenvalue weighted by molar-refractivity contribution is 5.16. The van der Waals surface area contributed by atoms with Gasteiger partial charge in [-0.3, -0.25) is 0 Å². The van der Waals surface area contributed by atoms with Crippen molar-refractivity contribution in [3.63, 3.8) is 0 Å². The summed E-state index contributed by atoms with van der Waals surface area (Å²) in [4.78, 5) is 0. The van der Waals surface area contributed by atoms with E-state index in [-0.39, 0.29) is 13.2 Å². The second-order valence-electron chi connectivity index (χ2n) is 9.96. The summed E-state index contributed by atoms with van der Waals surface area (Å²) in [6, 6.07) is 39.6. The van der Waals surface area contributed by atoms with Crippen LogP contribution in [-0.4, -0.2) is 42.4 Å². The van der Waals surface area contributed by atoms with E-state index in [2.05, 4.69) is 0 Å². The zero-order valence-corrected chi connectivity index (χ0v) is 22.5. The molecule has 0 amide bonds. The van der Waals surface area contributed by atoms with Crippen molar-refractivity contribution in [2.24, 2.45) is 0 Å². The summed E-state index contributed by atoms with van der Waals surface area (Å²) in [7, 11) is 0. The highest BCUT2D eigenvalue weighted by Crippen LogP contribution is 2.36. The molecule has 208 valence electrons. The SMILES string of the molecule is OC1(COCc2ccccc2)O[C@@H](COCc2ccccc2)[C@H](OCc2ccccc2)[C@H]1OCc1ccccc1. The van der Waals surface area contributed by atoms with Crippen molar-refractivity contribution in [1.82, 2.24) is 0 Å². The van der Waals surface area contributed by atoms with Gasteiger partial charge in [-0.25, -0.2) is 0 Å². The van der Waals surface area contributed by atoms with Gasteiger partial charge in [-0.15, -0.1) is 0 Å². The molecule has 1 N–H and O–H groups in total. The summed E-state index contributed by atoms with van der Waals surface area (Å²) >= 11 is 0. The van der Waals surface area contributed by atoms with Gasteiger partial charge in [-0.05, 0) is 22.3 Å². The summed E-state index contributed by atoms with van der Waals surface area (Å²) in [5, 5.41) is 11.9. The molecule has 1 fully saturated rings. The van der Waals surface area contributed by atoms with Gasteiger partial charge in [-0.1, -0.05) is 121 Å². The van der Waals surface area contributed by atoms with Crippen LogP contribution in [-0.2, 0) is 50.1 Å². The number of aliphatic hydroxyl groups is 1. The Hall–Kier alpha value is -3.36. The molecule has 6 nitrogen and oxygen atoms in total. The largest absolute Gasteiger partial charge is 0.374 e. The Morgan fingerprint density at radius 3 is 1.48 bits per heavy atom. The molecule has 1 heterocycles. The smallest absolute Gasteiger partial charge is 0.219 e. The Morgan fingerprint density at radius 1 is 0.550 bits per heavy atom. The Balaban J connectivity index is 1.33. The minimum Gasteiger partial charge on any atom is -0.374 e. The third-order valence-corrected chi connectivity index (χ3v) is 6.84. The molecule has 40 heavy (non-hydrogen) atoms. The van der Waals surface area contributed by atoms with E-state index < -0.39 is 24.1 Å². The lowest BCUT2D eigenvalue weighted by Crippen LogP contribution is -2.49. The first-order chi connectivity index (χ1) is 19.7. The Morgan fingerprint density at radius 2 is 0.975 bits per heavy atom. The predicted octanol–water partition coefficient (Wildman–Crippen LogP) is 5.68. The monoisotopic (exact) mass is 540 g/mol. The molecule has 4 aromatic carbocycles. The molecule has 0 bridgehead atoms. The summed E-state index contributed by atoms with van der Waals surface area (Å²) in [5.41, 5.74) is 4.07. The lowest BCUT2D eigenvalue weighted by atomic mass is 10.0. The molecule has 0 aromatic heterocycles. The molecular weight excluding hydrogens is 504 g/mol. The van der Waals surface area contributed by atoms with Crippen LogP contribution in [0.15, 0.2) is 121 Å². The van der Waals surface area contributed by atoms with Crippen LogP contribution in [0.5, 0.6) is 0 Å². The van der Waals surface area contributed by atoms with E-state index in [1.807, 2.05) is 121 Å². The number of benzene rings is 4. The van der Waals surface area contributed by atoms with E-state index in [1.54, 1.807) is 0 Å². The third-order valence-electron chi connectivity index (χ3n) is 6.84. The van der Waals surface area contributed by atoms with Gasteiger partial charge in [0.1, 0.15) is 24.9 Å². The van der Waals surface area contributed by atoms with Crippen molar-refractivity contribution >= 4 is 0 Å². The van der Waals surface area contributed by atoms with Crippen LogP contribution < -0.4 is 0 Å². The number of hydrogen-bond acceptors (Lipinski definition) is 6. The maximum Gasteiger partial charge on any atom is 0.219 e. The summed E-state index contributed by atoms with van der Waals surface area (Å²) < 4.78 is 31.1. The molecule has 6 heteroatoms. The van der Waals surface area contributed by atoms with E-state index in [9.17, 15) is 5.11 Å². The Labute approximate surface area is 236 Å². The fourth-order valence-electron chi connectivity index (χ4n) is 4.80. The zero-order valence-electron chi connectivity index (χ0n) is 22.5. The van der Waals surface area contributed by atoms with Crippen molar-refractivity contribution < 1.29 is 28.8 Å². The van der Waals surface area contributed by atoms with Crippen LogP contribution in [0, 0.1) is 0 Å². The van der Waals surface area contributed by atoms with Crippen LogP contribution in [0.4, 0.5) is 0 Å². The van der Waals surface area contributed by atoms with Gasteiger partial charge in [0.2, 0.25) is 5.79 Å². The highest BCUT2D eigenvalue weighted by Gasteiger charge is 2.56. The van der Waals surface area contributed by atoms with Gasteiger partial charge >= 0.3 is 0 Å². The summed E-state index contributed by atoms with van der Waals surface area (Å²) in [5.74, 6) is -1.73. The maximum absolute atomic E-state index is 11.9. The highest BCUT2D eigenvalue weighted by atomic mass is 16.7. The van der Waals surface area contributed by atoms with Gasteiger partial charge in [0.15, 0.2) is 0 Å². The molecule has 5 rings (SSSR count). The molecule has 1 unspecified atom stereocenters. The molecular formula is C34H36O6. The van der Waals surface area contributed by atoms with E-state index >= 15 is 0 Å². The number of ether oxygens (including phenoxy) is 5. The average Bonchev–Trinajstić information content (AvgIpc) is 3.27. The van der Waals surface area contributed by atoms with Gasteiger partial charge in [0.05, 0.1) is 33.0 Å². The summed E-state index contributed by atoms with van der Waals surface area (Å²) in [6.45, 7) is 1.53. The topological polar surface area (TPSA) is 66.4 Å². The molecule has 4 atom stereocenters. The van der Waals surface area contributed by atoms with Crippen molar-refractivity contribution in [2.45, 2.75) is 50.5 Å². The predicted molar refractivity (Wildman–Crippen MR) is 152 cm³/mol. The van der Waals surface area contributed by atoms with Gasteiger partial charge in [0, 0.05) is 0 Å². The summed E-state index contributed by atoms with van der Waals surface area (Å²) in [6.07, 6.45) is -1.97. The quantitative estimate of drug-likeness (QED) is 0.222.